The molecule has 1 aliphatic rings. The summed E-state index contributed by atoms with van der Waals surface area (Å²) in [7, 11) is 0. The van der Waals surface area contributed by atoms with Crippen molar-refractivity contribution < 1.29 is 4.74 Å². The van der Waals surface area contributed by atoms with Crippen molar-refractivity contribution >= 4 is 11.6 Å². The van der Waals surface area contributed by atoms with Crippen LogP contribution < -0.4 is 4.74 Å². The molecule has 1 fully saturated rings. The fraction of sp³-hybridized carbons (Fsp3) is 0.250. The Balaban J connectivity index is 1.29. The summed E-state index contributed by atoms with van der Waals surface area (Å²) < 4.78 is 5.96. The van der Waals surface area contributed by atoms with E-state index in [4.69, 9.17) is 16.3 Å². The lowest BCUT2D eigenvalue weighted by molar-refractivity contribution is 0.122. The van der Waals surface area contributed by atoms with E-state index in [1.54, 1.807) is 0 Å². The predicted molar refractivity (Wildman–Crippen MR) is 115 cm³/mol. The molecule has 0 saturated carbocycles. The molecule has 0 unspecified atom stereocenters. The zero-order valence-corrected chi connectivity index (χ0v) is 16.7. The molecule has 1 heterocycles. The average molecular weight is 393 g/mol. The maximum atomic E-state index is 5.96. The number of hydrogen-bond donors (Lipinski definition) is 0. The first-order chi connectivity index (χ1) is 13.7. The van der Waals surface area contributed by atoms with E-state index in [1.807, 2.05) is 30.3 Å². The van der Waals surface area contributed by atoms with Crippen LogP contribution in [0.4, 0.5) is 0 Å². The fourth-order valence-electron chi connectivity index (χ4n) is 3.55. The zero-order chi connectivity index (χ0) is 19.2. The summed E-state index contributed by atoms with van der Waals surface area (Å²) in [5, 5.41) is 0.715. The summed E-state index contributed by atoms with van der Waals surface area (Å²) in [6, 6.07) is 26.5. The molecule has 3 aromatic carbocycles. The number of halogens is 1. The van der Waals surface area contributed by atoms with Gasteiger partial charge in [-0.1, -0.05) is 54.1 Å². The number of benzene rings is 3. The van der Waals surface area contributed by atoms with Gasteiger partial charge in [-0.15, -0.1) is 0 Å². The van der Waals surface area contributed by atoms with E-state index in [0.29, 0.717) is 5.02 Å². The standard InChI is InChI=1S/C24H25ClN2O/c25-22-9-11-23(12-10-22)28-24-8-4-7-21(17-24)19-27-15-13-26(14-16-27)18-20-5-2-1-3-6-20/h1-12,17H,13-16,18-19H2. The molecule has 28 heavy (non-hydrogen) atoms. The second kappa shape index (κ2) is 9.24. The van der Waals surface area contributed by atoms with Crippen LogP contribution in [0.15, 0.2) is 78.9 Å². The first kappa shape index (κ1) is 19.0. The number of rotatable bonds is 6. The van der Waals surface area contributed by atoms with Gasteiger partial charge in [0.25, 0.3) is 0 Å². The van der Waals surface area contributed by atoms with E-state index >= 15 is 0 Å². The molecule has 0 N–H and O–H groups in total. The molecule has 0 atom stereocenters. The molecule has 1 saturated heterocycles. The van der Waals surface area contributed by atoms with Gasteiger partial charge in [0.15, 0.2) is 0 Å². The maximum absolute atomic E-state index is 5.96. The van der Waals surface area contributed by atoms with Gasteiger partial charge in [0.1, 0.15) is 11.5 Å². The summed E-state index contributed by atoms with van der Waals surface area (Å²) in [5.41, 5.74) is 2.67. The Morgan fingerprint density at radius 3 is 1.93 bits per heavy atom. The monoisotopic (exact) mass is 392 g/mol. The Hall–Kier alpha value is -2.33. The molecule has 1 aliphatic heterocycles. The van der Waals surface area contributed by atoms with Crippen molar-refractivity contribution in [3.8, 4) is 11.5 Å². The first-order valence-electron chi connectivity index (χ1n) is 9.76. The molecule has 0 radical (unpaired) electrons. The van der Waals surface area contributed by atoms with Crippen LogP contribution in [-0.2, 0) is 13.1 Å². The third kappa shape index (κ3) is 5.35. The van der Waals surface area contributed by atoms with E-state index in [-0.39, 0.29) is 0 Å². The van der Waals surface area contributed by atoms with E-state index in [1.165, 1.54) is 11.1 Å². The Morgan fingerprint density at radius 1 is 0.643 bits per heavy atom. The summed E-state index contributed by atoms with van der Waals surface area (Å²) >= 11 is 5.94. The van der Waals surface area contributed by atoms with E-state index in [9.17, 15) is 0 Å². The predicted octanol–water partition coefficient (Wildman–Crippen LogP) is 5.45. The van der Waals surface area contributed by atoms with Crippen molar-refractivity contribution in [2.24, 2.45) is 0 Å². The summed E-state index contributed by atoms with van der Waals surface area (Å²) in [4.78, 5) is 5.05. The van der Waals surface area contributed by atoms with E-state index in [0.717, 1.165) is 50.8 Å². The Kier molecular flexibility index (Phi) is 6.27. The highest BCUT2D eigenvalue weighted by molar-refractivity contribution is 6.30. The van der Waals surface area contributed by atoms with Gasteiger partial charge in [-0.2, -0.15) is 0 Å². The minimum absolute atomic E-state index is 0.715. The largest absolute Gasteiger partial charge is 0.457 e. The Morgan fingerprint density at radius 2 is 1.25 bits per heavy atom. The molecule has 0 aromatic heterocycles. The van der Waals surface area contributed by atoms with Crippen LogP contribution in [0.25, 0.3) is 0 Å². The van der Waals surface area contributed by atoms with Crippen molar-refractivity contribution in [3.05, 3.63) is 95.0 Å². The van der Waals surface area contributed by atoms with E-state index < -0.39 is 0 Å². The third-order valence-electron chi connectivity index (χ3n) is 5.07. The fourth-order valence-corrected chi connectivity index (χ4v) is 3.68. The number of hydrogen-bond acceptors (Lipinski definition) is 3. The topological polar surface area (TPSA) is 15.7 Å². The van der Waals surface area contributed by atoms with Crippen molar-refractivity contribution in [1.29, 1.82) is 0 Å². The molecule has 3 aromatic rings. The second-order valence-corrected chi connectivity index (χ2v) is 7.68. The van der Waals surface area contributed by atoms with Crippen molar-refractivity contribution in [2.75, 3.05) is 26.2 Å². The number of piperazine rings is 1. The molecule has 0 spiro atoms. The molecule has 0 bridgehead atoms. The van der Waals surface area contributed by atoms with Gasteiger partial charge in [0.05, 0.1) is 0 Å². The van der Waals surface area contributed by atoms with Crippen LogP contribution in [0.5, 0.6) is 11.5 Å². The third-order valence-corrected chi connectivity index (χ3v) is 5.32. The SMILES string of the molecule is Clc1ccc(Oc2cccc(CN3CCN(Cc4ccccc4)CC3)c2)cc1. The van der Waals surface area contributed by atoms with Crippen LogP contribution in [0.3, 0.4) is 0 Å². The van der Waals surface area contributed by atoms with Gasteiger partial charge in [0.2, 0.25) is 0 Å². The van der Waals surface area contributed by atoms with Crippen LogP contribution in [-0.4, -0.2) is 36.0 Å². The molecular weight excluding hydrogens is 368 g/mol. The smallest absolute Gasteiger partial charge is 0.127 e. The normalized spacial score (nSPS) is 15.5. The highest BCUT2D eigenvalue weighted by Gasteiger charge is 2.17. The van der Waals surface area contributed by atoms with Gasteiger partial charge >= 0.3 is 0 Å². The van der Waals surface area contributed by atoms with Gasteiger partial charge in [-0.05, 0) is 47.5 Å². The summed E-state index contributed by atoms with van der Waals surface area (Å²) in [5.74, 6) is 1.67. The Labute approximate surface area is 172 Å². The summed E-state index contributed by atoms with van der Waals surface area (Å²) in [6.07, 6.45) is 0. The molecule has 0 aliphatic carbocycles. The molecule has 0 amide bonds. The molecular formula is C24H25ClN2O. The lowest BCUT2D eigenvalue weighted by atomic mass is 10.1. The highest BCUT2D eigenvalue weighted by atomic mass is 35.5. The van der Waals surface area contributed by atoms with E-state index in [2.05, 4.69) is 58.3 Å². The maximum Gasteiger partial charge on any atom is 0.127 e. The minimum Gasteiger partial charge on any atom is -0.457 e. The van der Waals surface area contributed by atoms with Gasteiger partial charge in [-0.3, -0.25) is 9.80 Å². The van der Waals surface area contributed by atoms with Crippen molar-refractivity contribution in [1.82, 2.24) is 9.80 Å². The van der Waals surface area contributed by atoms with Crippen LogP contribution >= 0.6 is 11.6 Å². The lowest BCUT2D eigenvalue weighted by Crippen LogP contribution is -2.45. The molecule has 4 rings (SSSR count). The number of nitrogens with zero attached hydrogens (tertiary/aromatic N) is 2. The minimum atomic E-state index is 0.715. The van der Waals surface area contributed by atoms with Gasteiger partial charge in [0, 0.05) is 44.3 Å². The highest BCUT2D eigenvalue weighted by Crippen LogP contribution is 2.24. The van der Waals surface area contributed by atoms with Crippen LogP contribution in [0.2, 0.25) is 5.02 Å². The first-order valence-corrected chi connectivity index (χ1v) is 10.1. The Bertz CT molecular complexity index is 875. The van der Waals surface area contributed by atoms with Crippen LogP contribution in [0.1, 0.15) is 11.1 Å². The second-order valence-electron chi connectivity index (χ2n) is 7.24. The number of ether oxygens (including phenoxy) is 1. The molecule has 3 nitrogen and oxygen atoms in total. The summed E-state index contributed by atoms with van der Waals surface area (Å²) in [6.45, 7) is 6.39. The van der Waals surface area contributed by atoms with Crippen LogP contribution in [0, 0.1) is 0 Å². The van der Waals surface area contributed by atoms with Gasteiger partial charge < -0.3 is 4.74 Å². The van der Waals surface area contributed by atoms with Gasteiger partial charge in [-0.25, -0.2) is 0 Å². The molecule has 4 heteroatoms. The zero-order valence-electron chi connectivity index (χ0n) is 15.9. The van der Waals surface area contributed by atoms with Crippen molar-refractivity contribution in [2.45, 2.75) is 13.1 Å². The molecule has 144 valence electrons. The lowest BCUT2D eigenvalue weighted by Gasteiger charge is -2.34. The van der Waals surface area contributed by atoms with Crippen molar-refractivity contribution in [3.63, 3.8) is 0 Å². The quantitative estimate of drug-likeness (QED) is 0.554. The average Bonchev–Trinajstić information content (AvgIpc) is 2.72.